The third kappa shape index (κ3) is 4.05. The third-order valence-electron chi connectivity index (χ3n) is 8.30. The number of hydrogen-bond donors (Lipinski definition) is 0. The van der Waals surface area contributed by atoms with E-state index in [2.05, 4.69) is 32.0 Å². The molecule has 0 N–H and O–H groups in total. The number of rotatable bonds is 5. The predicted octanol–water partition coefficient (Wildman–Crippen LogP) is 7.69. The van der Waals surface area contributed by atoms with Crippen molar-refractivity contribution < 1.29 is 0 Å². The summed E-state index contributed by atoms with van der Waals surface area (Å²) in [6.45, 7) is 4.73. The topological polar surface area (TPSA) is 0 Å². The molecule has 5 unspecified atom stereocenters. The maximum Gasteiger partial charge on any atom is -0.0159 e. The highest BCUT2D eigenvalue weighted by atomic mass is 14.4. The van der Waals surface area contributed by atoms with Crippen molar-refractivity contribution in [3.8, 4) is 0 Å². The van der Waals surface area contributed by atoms with Gasteiger partial charge in [-0.05, 0) is 97.6 Å². The molecule has 26 heavy (non-hydrogen) atoms. The zero-order valence-corrected chi connectivity index (χ0v) is 17.3. The van der Waals surface area contributed by atoms with E-state index < -0.39 is 0 Å². The van der Waals surface area contributed by atoms with Gasteiger partial charge in [0.15, 0.2) is 0 Å². The number of benzene rings is 1. The Morgan fingerprint density at radius 3 is 2.54 bits per heavy atom. The van der Waals surface area contributed by atoms with Crippen LogP contribution in [0.2, 0.25) is 0 Å². The van der Waals surface area contributed by atoms with Crippen molar-refractivity contribution in [2.24, 2.45) is 23.7 Å². The summed E-state index contributed by atoms with van der Waals surface area (Å²) in [5.41, 5.74) is 5.07. The fraction of sp³-hybridized carbons (Fsp3) is 0.769. The molecule has 2 fully saturated rings. The van der Waals surface area contributed by atoms with Gasteiger partial charge in [-0.3, -0.25) is 0 Å². The first-order valence-corrected chi connectivity index (χ1v) is 11.9. The summed E-state index contributed by atoms with van der Waals surface area (Å²) in [6, 6.07) is 7.67. The molecule has 0 aliphatic heterocycles. The largest absolute Gasteiger partial charge is 0.0654 e. The second-order valence-corrected chi connectivity index (χ2v) is 9.90. The van der Waals surface area contributed by atoms with Crippen LogP contribution < -0.4 is 0 Å². The first-order chi connectivity index (χ1) is 12.8. The molecule has 0 nitrogen and oxygen atoms in total. The average molecular weight is 353 g/mol. The SMILES string of the molecule is CCCCC1CCc2cc(C3CCC4CC(CC)CCC4C3)ccc2C1. The van der Waals surface area contributed by atoms with E-state index in [4.69, 9.17) is 0 Å². The van der Waals surface area contributed by atoms with Crippen LogP contribution in [-0.2, 0) is 12.8 Å². The smallest absolute Gasteiger partial charge is 0.0159 e. The molecule has 1 aromatic carbocycles. The van der Waals surface area contributed by atoms with E-state index >= 15 is 0 Å². The quantitative estimate of drug-likeness (QED) is 0.509. The summed E-state index contributed by atoms with van der Waals surface area (Å²) in [6.07, 6.45) is 18.8. The molecule has 0 amide bonds. The van der Waals surface area contributed by atoms with Gasteiger partial charge >= 0.3 is 0 Å². The third-order valence-corrected chi connectivity index (χ3v) is 8.30. The summed E-state index contributed by atoms with van der Waals surface area (Å²) < 4.78 is 0. The van der Waals surface area contributed by atoms with Crippen LogP contribution in [0.5, 0.6) is 0 Å². The molecule has 1 aromatic rings. The average Bonchev–Trinajstić information content (AvgIpc) is 2.70. The summed E-state index contributed by atoms with van der Waals surface area (Å²) in [7, 11) is 0. The second kappa shape index (κ2) is 8.49. The Labute approximate surface area is 162 Å². The lowest BCUT2D eigenvalue weighted by molar-refractivity contribution is 0.116. The number of hydrogen-bond acceptors (Lipinski definition) is 0. The van der Waals surface area contributed by atoms with Gasteiger partial charge in [0.05, 0.1) is 0 Å². The molecule has 0 radical (unpaired) electrons. The van der Waals surface area contributed by atoms with Gasteiger partial charge in [0.25, 0.3) is 0 Å². The highest BCUT2D eigenvalue weighted by Gasteiger charge is 2.35. The van der Waals surface area contributed by atoms with E-state index in [1.54, 1.807) is 16.7 Å². The van der Waals surface area contributed by atoms with Gasteiger partial charge in [-0.15, -0.1) is 0 Å². The Morgan fingerprint density at radius 2 is 1.69 bits per heavy atom. The minimum Gasteiger partial charge on any atom is -0.0654 e. The molecule has 3 aliphatic rings. The molecule has 0 heteroatoms. The molecule has 4 rings (SSSR count). The van der Waals surface area contributed by atoms with Crippen molar-refractivity contribution in [2.75, 3.05) is 0 Å². The highest BCUT2D eigenvalue weighted by molar-refractivity contribution is 5.36. The minimum atomic E-state index is 0.859. The van der Waals surface area contributed by atoms with Crippen LogP contribution in [0.1, 0.15) is 107 Å². The van der Waals surface area contributed by atoms with Crippen molar-refractivity contribution >= 4 is 0 Å². The first kappa shape index (κ1) is 18.6. The van der Waals surface area contributed by atoms with Gasteiger partial charge in [-0.2, -0.15) is 0 Å². The molecule has 0 saturated heterocycles. The monoisotopic (exact) mass is 352 g/mol. The van der Waals surface area contributed by atoms with Crippen molar-refractivity contribution in [1.82, 2.24) is 0 Å². The van der Waals surface area contributed by atoms with Crippen LogP contribution in [-0.4, -0.2) is 0 Å². The Bertz CT molecular complexity index is 586. The maximum atomic E-state index is 2.63. The van der Waals surface area contributed by atoms with Gasteiger partial charge in [-0.1, -0.05) is 64.2 Å². The van der Waals surface area contributed by atoms with E-state index in [0.717, 1.165) is 29.6 Å². The highest BCUT2D eigenvalue weighted by Crippen LogP contribution is 2.48. The van der Waals surface area contributed by atoms with Crippen LogP contribution in [0, 0.1) is 23.7 Å². The van der Waals surface area contributed by atoms with E-state index in [0.29, 0.717) is 0 Å². The molecule has 0 heterocycles. The van der Waals surface area contributed by atoms with Crippen LogP contribution in [0.15, 0.2) is 18.2 Å². The van der Waals surface area contributed by atoms with Crippen LogP contribution in [0.3, 0.4) is 0 Å². The fourth-order valence-corrected chi connectivity index (χ4v) is 6.50. The predicted molar refractivity (Wildman–Crippen MR) is 113 cm³/mol. The molecule has 3 aliphatic carbocycles. The van der Waals surface area contributed by atoms with Gasteiger partial charge in [0.2, 0.25) is 0 Å². The lowest BCUT2D eigenvalue weighted by Crippen LogP contribution is -2.30. The Morgan fingerprint density at radius 1 is 0.846 bits per heavy atom. The number of unbranched alkanes of at least 4 members (excludes halogenated alkanes) is 1. The van der Waals surface area contributed by atoms with Crippen molar-refractivity contribution in [2.45, 2.75) is 103 Å². The first-order valence-electron chi connectivity index (χ1n) is 11.9. The summed E-state index contributed by atoms with van der Waals surface area (Å²) in [4.78, 5) is 0. The molecule has 144 valence electrons. The van der Waals surface area contributed by atoms with E-state index in [9.17, 15) is 0 Å². The van der Waals surface area contributed by atoms with E-state index in [1.165, 1.54) is 83.5 Å². The van der Waals surface area contributed by atoms with Gasteiger partial charge in [0, 0.05) is 0 Å². The molecule has 0 spiro atoms. The molecule has 0 aromatic heterocycles. The van der Waals surface area contributed by atoms with E-state index in [1.807, 2.05) is 0 Å². The number of fused-ring (bicyclic) bond motifs is 2. The normalized spacial score (nSPS) is 34.2. The van der Waals surface area contributed by atoms with Gasteiger partial charge in [0.1, 0.15) is 0 Å². The standard InChI is InChI=1S/C26H40/c1-3-5-6-20-8-10-24-18-26(14-12-22(24)16-20)25-13-11-21-15-19(4-2)7-9-23(21)17-25/h12,14,18-21,23,25H,3-11,13,15-17H2,1-2H3. The second-order valence-electron chi connectivity index (χ2n) is 9.90. The van der Waals surface area contributed by atoms with Gasteiger partial charge < -0.3 is 0 Å². The fourth-order valence-electron chi connectivity index (χ4n) is 6.50. The van der Waals surface area contributed by atoms with Crippen LogP contribution in [0.4, 0.5) is 0 Å². The number of aryl methyl sites for hydroxylation is 1. The zero-order chi connectivity index (χ0) is 17.9. The zero-order valence-electron chi connectivity index (χ0n) is 17.3. The Kier molecular flexibility index (Phi) is 6.07. The molecular formula is C26H40. The van der Waals surface area contributed by atoms with Crippen molar-refractivity contribution in [3.05, 3.63) is 34.9 Å². The van der Waals surface area contributed by atoms with E-state index in [-0.39, 0.29) is 0 Å². The lowest BCUT2D eigenvalue weighted by atomic mass is 9.63. The minimum absolute atomic E-state index is 0.859. The van der Waals surface area contributed by atoms with Crippen molar-refractivity contribution in [1.29, 1.82) is 0 Å². The molecular weight excluding hydrogens is 312 g/mol. The molecule has 0 bridgehead atoms. The van der Waals surface area contributed by atoms with Crippen molar-refractivity contribution in [3.63, 3.8) is 0 Å². The Balaban J connectivity index is 1.39. The van der Waals surface area contributed by atoms with Gasteiger partial charge in [-0.25, -0.2) is 0 Å². The van der Waals surface area contributed by atoms with Crippen LogP contribution >= 0.6 is 0 Å². The summed E-state index contributed by atoms with van der Waals surface area (Å²) >= 11 is 0. The summed E-state index contributed by atoms with van der Waals surface area (Å²) in [5, 5.41) is 0. The lowest BCUT2D eigenvalue weighted by Gasteiger charge is -2.42. The molecule has 5 atom stereocenters. The van der Waals surface area contributed by atoms with Crippen LogP contribution in [0.25, 0.3) is 0 Å². The Hall–Kier alpha value is -0.780. The maximum absolute atomic E-state index is 2.63. The molecule has 2 saturated carbocycles. The summed E-state index contributed by atoms with van der Waals surface area (Å²) in [5.74, 6) is 4.94.